The number of rotatable bonds is 5. The molecule has 0 aliphatic carbocycles. The van der Waals surface area contributed by atoms with Gasteiger partial charge in [0.05, 0.1) is 0 Å². The predicted octanol–water partition coefficient (Wildman–Crippen LogP) is 4.71. The molecule has 0 amide bonds. The maximum Gasteiger partial charge on any atom is 0.492 e. The molecule has 0 aromatic heterocycles. The number of aryl methyl sites for hydroxylation is 1. The zero-order chi connectivity index (χ0) is 23.9. The van der Waals surface area contributed by atoms with Crippen molar-refractivity contribution in [1.29, 1.82) is 4.78 Å². The first-order valence-corrected chi connectivity index (χ1v) is 10.2. The highest BCUT2D eigenvalue weighted by atomic mass is 35.5. The van der Waals surface area contributed by atoms with Gasteiger partial charge in [-0.05, 0) is 55.1 Å². The van der Waals surface area contributed by atoms with Crippen LogP contribution < -0.4 is 10.0 Å². The van der Waals surface area contributed by atoms with Crippen LogP contribution in [0.4, 0.5) is 22.0 Å². The number of hydrogen-bond acceptors (Lipinski definition) is 3. The largest absolute Gasteiger partial charge is 0.492 e. The molecule has 4 nitrogen and oxygen atoms in total. The summed E-state index contributed by atoms with van der Waals surface area (Å²) in [6.45, 7) is -2.32. The third-order valence-corrected chi connectivity index (χ3v) is 6.00. The molecule has 166 valence electrons. The molecule has 2 aromatic carbocycles. The average Bonchev–Trinajstić information content (AvgIpc) is 3.07. The minimum atomic E-state index is -5.25. The molecule has 1 fully saturated rings. The van der Waals surface area contributed by atoms with Crippen molar-refractivity contribution in [3.63, 3.8) is 0 Å². The highest BCUT2D eigenvalue weighted by Crippen LogP contribution is 2.29. The van der Waals surface area contributed by atoms with Gasteiger partial charge in [0.25, 0.3) is 0 Å². The molecule has 0 radical (unpaired) electrons. The Morgan fingerprint density at radius 2 is 2.03 bits per heavy atom. The number of benzene rings is 2. The fraction of sp³-hybridized carbons (Fsp3) is 0.368. The molecule has 1 aliphatic rings. The van der Waals surface area contributed by atoms with Gasteiger partial charge in [-0.1, -0.05) is 24.3 Å². The second-order valence-corrected chi connectivity index (χ2v) is 8.60. The van der Waals surface area contributed by atoms with E-state index in [-0.39, 0.29) is 54.0 Å². The van der Waals surface area contributed by atoms with Crippen molar-refractivity contribution in [2.45, 2.75) is 37.3 Å². The molecule has 0 spiro atoms. The molecule has 3 rings (SSSR count). The Hall–Kier alpha value is -1.75. The Balaban J connectivity index is 0.00000385. The standard InChI is InChI=1S/C19H20F5N3OS.ClH/c1-11-7-13(9-14(20)8-11)15-4-2-3-12(18(15)21)10-17-16(5-6-26-17)27-29(25,28)19(22,23)24;/h2-4,7-9,16-17,26H,5-6,10H2,1H3,(H2,25,27,28);1H/t16-,17-,29?;/m0./s1/i1D3;. The second-order valence-electron chi connectivity index (χ2n) is 6.79. The Kier molecular flexibility index (Phi) is 6.17. The summed E-state index contributed by atoms with van der Waals surface area (Å²) < 4.78 is 111. The number of nitrogens with one attached hydrogen (secondary N) is 3. The highest BCUT2D eigenvalue weighted by molar-refractivity contribution is 7.91. The van der Waals surface area contributed by atoms with E-state index in [9.17, 15) is 21.8 Å². The smallest absolute Gasteiger partial charge is 0.312 e. The molecule has 30 heavy (non-hydrogen) atoms. The zero-order valence-electron chi connectivity index (χ0n) is 18.4. The molecule has 3 atom stereocenters. The molecule has 2 aromatic rings. The van der Waals surface area contributed by atoms with Crippen LogP contribution in [0.3, 0.4) is 0 Å². The zero-order valence-corrected chi connectivity index (χ0v) is 17.0. The quantitative estimate of drug-likeness (QED) is 0.552. The van der Waals surface area contributed by atoms with Gasteiger partial charge in [0.2, 0.25) is 9.92 Å². The molecular formula is C19H21ClF5N3OS. The molecular weight excluding hydrogens is 449 g/mol. The molecule has 1 saturated heterocycles. The van der Waals surface area contributed by atoms with Gasteiger partial charge in [0, 0.05) is 21.8 Å². The fourth-order valence-corrected chi connectivity index (χ4v) is 4.19. The van der Waals surface area contributed by atoms with E-state index in [1.807, 2.05) is 4.72 Å². The molecule has 1 heterocycles. The Bertz CT molecular complexity index is 1110. The van der Waals surface area contributed by atoms with Crippen molar-refractivity contribution in [3.8, 4) is 11.1 Å². The van der Waals surface area contributed by atoms with Gasteiger partial charge in [-0.3, -0.25) is 0 Å². The van der Waals surface area contributed by atoms with E-state index in [0.717, 1.165) is 18.2 Å². The minimum absolute atomic E-state index is 0. The summed E-state index contributed by atoms with van der Waals surface area (Å²) in [6.07, 6.45) is 0.0654. The van der Waals surface area contributed by atoms with E-state index in [2.05, 4.69) is 5.32 Å². The lowest BCUT2D eigenvalue weighted by Crippen LogP contribution is -2.48. The van der Waals surface area contributed by atoms with Crippen LogP contribution in [0.2, 0.25) is 0 Å². The number of hydrogen-bond donors (Lipinski definition) is 3. The molecule has 1 aliphatic heterocycles. The monoisotopic (exact) mass is 472 g/mol. The second kappa shape index (κ2) is 9.17. The van der Waals surface area contributed by atoms with E-state index in [1.165, 1.54) is 18.2 Å². The Morgan fingerprint density at radius 1 is 1.30 bits per heavy atom. The van der Waals surface area contributed by atoms with Gasteiger partial charge >= 0.3 is 5.51 Å². The van der Waals surface area contributed by atoms with Gasteiger partial charge in [0.15, 0.2) is 0 Å². The fourth-order valence-electron chi connectivity index (χ4n) is 3.35. The Labute approximate surface area is 182 Å². The molecule has 3 N–H and O–H groups in total. The first-order valence-electron chi connectivity index (χ1n) is 10.1. The van der Waals surface area contributed by atoms with Crippen molar-refractivity contribution in [1.82, 2.24) is 10.0 Å². The van der Waals surface area contributed by atoms with E-state index in [4.69, 9.17) is 8.89 Å². The van der Waals surface area contributed by atoms with Crippen molar-refractivity contribution < 1.29 is 30.3 Å². The molecule has 1 unspecified atom stereocenters. The van der Waals surface area contributed by atoms with Crippen LogP contribution >= 0.6 is 12.4 Å². The van der Waals surface area contributed by atoms with E-state index in [0.29, 0.717) is 0 Å². The topological polar surface area (TPSA) is 65.0 Å². The van der Waals surface area contributed by atoms with Gasteiger partial charge in [-0.25, -0.2) is 22.5 Å². The summed E-state index contributed by atoms with van der Waals surface area (Å²) in [5.74, 6) is -1.62. The van der Waals surface area contributed by atoms with Crippen LogP contribution in [-0.4, -0.2) is 28.3 Å². The highest BCUT2D eigenvalue weighted by Gasteiger charge is 2.44. The molecule has 0 saturated carbocycles. The van der Waals surface area contributed by atoms with E-state index >= 15 is 4.39 Å². The summed E-state index contributed by atoms with van der Waals surface area (Å²) in [7, 11) is -5.07. The van der Waals surface area contributed by atoms with Crippen molar-refractivity contribution in [2.24, 2.45) is 0 Å². The van der Waals surface area contributed by atoms with E-state index < -0.39 is 46.0 Å². The van der Waals surface area contributed by atoms with E-state index in [1.54, 1.807) is 0 Å². The lowest BCUT2D eigenvalue weighted by atomic mass is 9.96. The third kappa shape index (κ3) is 5.29. The SMILES string of the molecule is Cl.[2H]C([2H])([2H])c1cc(F)cc(-c2cccc(C[C@@H]3NCC[C@@H]3NS(=N)(=O)C(F)(F)F)c2F)c1. The predicted molar refractivity (Wildman–Crippen MR) is 108 cm³/mol. The van der Waals surface area contributed by atoms with Gasteiger partial charge in [-0.2, -0.15) is 13.2 Å². The van der Waals surface area contributed by atoms with Gasteiger partial charge < -0.3 is 5.32 Å². The molecule has 11 heteroatoms. The van der Waals surface area contributed by atoms with Crippen molar-refractivity contribution in [3.05, 3.63) is 59.2 Å². The van der Waals surface area contributed by atoms with Crippen LogP contribution in [0.25, 0.3) is 11.1 Å². The Morgan fingerprint density at radius 3 is 2.70 bits per heavy atom. The number of halogens is 6. The summed E-state index contributed by atoms with van der Waals surface area (Å²) >= 11 is 0. The summed E-state index contributed by atoms with van der Waals surface area (Å²) in [6, 6.07) is 5.49. The summed E-state index contributed by atoms with van der Waals surface area (Å²) in [5.41, 5.74) is -5.50. The van der Waals surface area contributed by atoms with Gasteiger partial charge in [-0.15, -0.1) is 12.4 Å². The van der Waals surface area contributed by atoms with Crippen molar-refractivity contribution >= 4 is 22.3 Å². The summed E-state index contributed by atoms with van der Waals surface area (Å²) in [5, 5.41) is 2.91. The van der Waals surface area contributed by atoms with Crippen LogP contribution in [-0.2, 0) is 16.3 Å². The lowest BCUT2D eigenvalue weighted by Gasteiger charge is -2.23. The normalized spacial score (nSPS) is 23.0. The third-order valence-electron chi connectivity index (χ3n) is 4.72. The van der Waals surface area contributed by atoms with Crippen LogP contribution in [0.1, 0.15) is 21.7 Å². The van der Waals surface area contributed by atoms with Gasteiger partial charge in [0.1, 0.15) is 11.6 Å². The maximum absolute atomic E-state index is 15.2. The average molecular weight is 473 g/mol. The first kappa shape index (κ1) is 20.2. The maximum atomic E-state index is 15.2. The van der Waals surface area contributed by atoms with Crippen LogP contribution in [0, 0.1) is 23.3 Å². The first-order chi connectivity index (χ1) is 14.7. The molecule has 0 bridgehead atoms. The van der Waals surface area contributed by atoms with Crippen molar-refractivity contribution in [2.75, 3.05) is 6.54 Å². The minimum Gasteiger partial charge on any atom is -0.312 e. The summed E-state index contributed by atoms with van der Waals surface area (Å²) in [4.78, 5) is 0. The lowest BCUT2D eigenvalue weighted by molar-refractivity contribution is -0.0420. The van der Waals surface area contributed by atoms with Crippen LogP contribution in [0.5, 0.6) is 0 Å². The van der Waals surface area contributed by atoms with Crippen LogP contribution in [0.15, 0.2) is 36.4 Å². The number of alkyl halides is 3.